The smallest absolute Gasteiger partial charge is 0.467 e. The second-order valence-corrected chi connectivity index (χ2v) is 9.98. The largest absolute Gasteiger partial charge is 0.573 e. The van der Waals surface area contributed by atoms with E-state index < -0.39 is 6.36 Å². The summed E-state index contributed by atoms with van der Waals surface area (Å²) >= 11 is 0. The van der Waals surface area contributed by atoms with Crippen LogP contribution in [-0.4, -0.2) is 29.3 Å². The van der Waals surface area contributed by atoms with Crippen LogP contribution in [-0.2, 0) is 4.74 Å². The first-order valence-electron chi connectivity index (χ1n) is 11.9. The molecule has 190 valence electrons. The standard InChI is InChI=1S/C26H32F3N3O3/c1-5-33-16-34-21-10-11-22-23(13-21)32(19-12-17(2)14-25(3,4)15-19)24(31-22)30-18-6-8-20(9-7-18)35-26(27,28)29/h6-11,13,17,19H,5,12,14-16H2,1-4H3,(H,30,31)/t17-,19+/m1/s1. The van der Waals surface area contributed by atoms with E-state index in [9.17, 15) is 13.2 Å². The predicted octanol–water partition coefficient (Wildman–Crippen LogP) is 7.44. The Morgan fingerprint density at radius 1 is 1.09 bits per heavy atom. The summed E-state index contributed by atoms with van der Waals surface area (Å²) in [6, 6.07) is 11.6. The van der Waals surface area contributed by atoms with Gasteiger partial charge in [-0.1, -0.05) is 20.8 Å². The Morgan fingerprint density at radius 2 is 1.80 bits per heavy atom. The summed E-state index contributed by atoms with van der Waals surface area (Å²) in [7, 11) is 0. The number of ether oxygens (including phenoxy) is 3. The van der Waals surface area contributed by atoms with Gasteiger partial charge >= 0.3 is 6.36 Å². The van der Waals surface area contributed by atoms with Crippen molar-refractivity contribution in [2.45, 2.75) is 59.4 Å². The first kappa shape index (κ1) is 25.2. The highest BCUT2D eigenvalue weighted by Gasteiger charge is 2.35. The zero-order chi connectivity index (χ0) is 25.2. The fraction of sp³-hybridized carbons (Fsp3) is 0.500. The number of anilines is 2. The maximum absolute atomic E-state index is 12.5. The van der Waals surface area contributed by atoms with Gasteiger partial charge in [0.25, 0.3) is 0 Å². The maximum atomic E-state index is 12.5. The van der Waals surface area contributed by atoms with Crippen LogP contribution in [0.1, 0.15) is 53.0 Å². The molecule has 1 heterocycles. The number of hydrogen-bond donors (Lipinski definition) is 1. The monoisotopic (exact) mass is 491 g/mol. The van der Waals surface area contributed by atoms with Gasteiger partial charge in [-0.05, 0) is 73.9 Å². The minimum Gasteiger partial charge on any atom is -0.467 e. The van der Waals surface area contributed by atoms with Crippen LogP contribution in [0.25, 0.3) is 11.0 Å². The molecule has 1 aliphatic rings. The van der Waals surface area contributed by atoms with Crippen LogP contribution in [0.3, 0.4) is 0 Å². The van der Waals surface area contributed by atoms with E-state index in [1.165, 1.54) is 12.1 Å². The highest BCUT2D eigenvalue weighted by molar-refractivity contribution is 5.81. The number of nitrogens with zero attached hydrogens (tertiary/aromatic N) is 2. The van der Waals surface area contributed by atoms with Crippen LogP contribution < -0.4 is 14.8 Å². The third kappa shape index (κ3) is 6.39. The number of alkyl halides is 3. The summed E-state index contributed by atoms with van der Waals surface area (Å²) in [5.74, 6) is 1.61. The molecule has 9 heteroatoms. The summed E-state index contributed by atoms with van der Waals surface area (Å²) in [5.41, 5.74) is 2.54. The van der Waals surface area contributed by atoms with Gasteiger partial charge in [-0.25, -0.2) is 4.98 Å². The van der Waals surface area contributed by atoms with Crippen molar-refractivity contribution in [3.05, 3.63) is 42.5 Å². The lowest BCUT2D eigenvalue weighted by atomic mass is 9.70. The van der Waals surface area contributed by atoms with Crippen molar-refractivity contribution in [1.29, 1.82) is 0 Å². The number of imidazole rings is 1. The van der Waals surface area contributed by atoms with Crippen molar-refractivity contribution >= 4 is 22.7 Å². The zero-order valence-corrected chi connectivity index (χ0v) is 20.5. The van der Waals surface area contributed by atoms with Crippen molar-refractivity contribution < 1.29 is 27.4 Å². The zero-order valence-electron chi connectivity index (χ0n) is 20.5. The molecule has 1 fully saturated rings. The number of hydrogen-bond acceptors (Lipinski definition) is 5. The molecule has 0 saturated heterocycles. The number of rotatable bonds is 8. The Bertz CT molecular complexity index is 1140. The van der Waals surface area contributed by atoms with E-state index in [1.54, 1.807) is 12.1 Å². The second-order valence-electron chi connectivity index (χ2n) is 9.98. The lowest BCUT2D eigenvalue weighted by molar-refractivity contribution is -0.274. The molecule has 0 amide bonds. The number of benzene rings is 2. The Kier molecular flexibility index (Phi) is 7.17. The number of halogens is 3. The minimum atomic E-state index is -4.73. The van der Waals surface area contributed by atoms with E-state index in [0.29, 0.717) is 29.9 Å². The Balaban J connectivity index is 1.69. The molecule has 0 radical (unpaired) electrons. The van der Waals surface area contributed by atoms with E-state index in [-0.39, 0.29) is 24.0 Å². The van der Waals surface area contributed by atoms with E-state index in [1.807, 2.05) is 25.1 Å². The highest BCUT2D eigenvalue weighted by atomic mass is 19.4. The van der Waals surface area contributed by atoms with Crippen LogP contribution in [0.5, 0.6) is 11.5 Å². The first-order chi connectivity index (χ1) is 16.5. The molecule has 35 heavy (non-hydrogen) atoms. The molecule has 1 aromatic heterocycles. The summed E-state index contributed by atoms with van der Waals surface area (Å²) in [5, 5.41) is 3.31. The topological polar surface area (TPSA) is 57.5 Å². The normalized spacial score (nSPS) is 20.1. The summed E-state index contributed by atoms with van der Waals surface area (Å²) < 4.78 is 54.8. The molecular weight excluding hydrogens is 459 g/mol. The lowest BCUT2D eigenvalue weighted by Gasteiger charge is -2.40. The van der Waals surface area contributed by atoms with Gasteiger partial charge in [0, 0.05) is 24.4 Å². The second kappa shape index (κ2) is 9.97. The third-order valence-electron chi connectivity index (χ3n) is 6.25. The lowest BCUT2D eigenvalue weighted by Crippen LogP contribution is -2.29. The molecule has 1 aliphatic carbocycles. The van der Waals surface area contributed by atoms with Crippen molar-refractivity contribution in [3.63, 3.8) is 0 Å². The third-order valence-corrected chi connectivity index (χ3v) is 6.25. The molecule has 1 N–H and O–H groups in total. The molecule has 2 aromatic carbocycles. The predicted molar refractivity (Wildman–Crippen MR) is 129 cm³/mol. The van der Waals surface area contributed by atoms with Gasteiger partial charge in [0.1, 0.15) is 11.5 Å². The highest BCUT2D eigenvalue weighted by Crippen LogP contribution is 2.46. The van der Waals surface area contributed by atoms with E-state index in [0.717, 1.165) is 30.3 Å². The fourth-order valence-electron chi connectivity index (χ4n) is 5.17. The van der Waals surface area contributed by atoms with Gasteiger partial charge in [-0.3, -0.25) is 0 Å². The van der Waals surface area contributed by atoms with Crippen molar-refractivity contribution in [3.8, 4) is 11.5 Å². The van der Waals surface area contributed by atoms with Crippen molar-refractivity contribution in [1.82, 2.24) is 9.55 Å². The molecule has 0 bridgehead atoms. The molecule has 4 rings (SSSR count). The van der Waals surface area contributed by atoms with Gasteiger partial charge in [0.15, 0.2) is 6.79 Å². The van der Waals surface area contributed by atoms with Crippen LogP contribution in [0.4, 0.5) is 24.8 Å². The number of fused-ring (bicyclic) bond motifs is 1. The summed E-state index contributed by atoms with van der Waals surface area (Å²) in [6.07, 6.45) is -1.58. The summed E-state index contributed by atoms with van der Waals surface area (Å²) in [6.45, 7) is 9.50. The van der Waals surface area contributed by atoms with Gasteiger partial charge < -0.3 is 24.1 Å². The van der Waals surface area contributed by atoms with Crippen molar-refractivity contribution in [2.24, 2.45) is 11.3 Å². The first-order valence-corrected chi connectivity index (χ1v) is 11.9. The quantitative estimate of drug-likeness (QED) is 0.262. The number of nitrogens with one attached hydrogen (secondary N) is 1. The van der Waals surface area contributed by atoms with Crippen LogP contribution >= 0.6 is 0 Å². The maximum Gasteiger partial charge on any atom is 0.573 e. The number of aromatic nitrogens is 2. The average molecular weight is 492 g/mol. The molecule has 0 spiro atoms. The van der Waals surface area contributed by atoms with E-state index in [4.69, 9.17) is 14.5 Å². The average Bonchev–Trinajstić information content (AvgIpc) is 3.10. The molecule has 3 aromatic rings. The molecule has 0 aliphatic heterocycles. The van der Waals surface area contributed by atoms with Gasteiger partial charge in [-0.2, -0.15) is 0 Å². The minimum absolute atomic E-state index is 0.168. The van der Waals surface area contributed by atoms with Gasteiger partial charge in [0.2, 0.25) is 5.95 Å². The van der Waals surface area contributed by atoms with Crippen LogP contribution in [0.2, 0.25) is 0 Å². The Hall–Kier alpha value is -2.94. The Labute approximate surface area is 203 Å². The van der Waals surface area contributed by atoms with Crippen LogP contribution in [0, 0.1) is 11.3 Å². The van der Waals surface area contributed by atoms with Crippen LogP contribution in [0.15, 0.2) is 42.5 Å². The fourth-order valence-corrected chi connectivity index (χ4v) is 5.17. The van der Waals surface area contributed by atoms with Crippen molar-refractivity contribution in [2.75, 3.05) is 18.7 Å². The molecule has 1 saturated carbocycles. The van der Waals surface area contributed by atoms with Gasteiger partial charge in [0.05, 0.1) is 11.0 Å². The van der Waals surface area contributed by atoms with E-state index >= 15 is 0 Å². The Morgan fingerprint density at radius 3 is 2.46 bits per heavy atom. The molecule has 6 nitrogen and oxygen atoms in total. The SMILES string of the molecule is CCOCOc1ccc2nc(Nc3ccc(OC(F)(F)F)cc3)n([C@H]3C[C@@H](C)CC(C)(C)C3)c2c1. The van der Waals surface area contributed by atoms with Gasteiger partial charge in [-0.15, -0.1) is 13.2 Å². The summed E-state index contributed by atoms with van der Waals surface area (Å²) in [4.78, 5) is 4.83. The molecule has 0 unspecified atom stereocenters. The molecule has 2 atom stereocenters. The van der Waals surface area contributed by atoms with E-state index in [2.05, 4.69) is 35.4 Å². The molecular formula is C26H32F3N3O3.